The Morgan fingerprint density at radius 2 is 1.91 bits per heavy atom. The fourth-order valence-corrected chi connectivity index (χ4v) is 2.87. The number of hydrogen-bond donors (Lipinski definition) is 1. The Balaban J connectivity index is 1.39. The van der Waals surface area contributed by atoms with E-state index in [1.807, 2.05) is 36.4 Å². The zero-order valence-corrected chi connectivity index (χ0v) is 12.9. The summed E-state index contributed by atoms with van der Waals surface area (Å²) in [5.74, 6) is 2.00. The molecule has 2 atom stereocenters. The Hall–Kier alpha value is -2.17. The highest BCUT2D eigenvalue weighted by Crippen LogP contribution is 2.37. The van der Waals surface area contributed by atoms with E-state index in [9.17, 15) is 0 Å². The van der Waals surface area contributed by atoms with E-state index in [0.717, 1.165) is 35.4 Å². The molecule has 118 valence electrons. The maximum atomic E-state index is 5.78. The van der Waals surface area contributed by atoms with Gasteiger partial charge in [-0.05, 0) is 54.6 Å². The number of nitrogens with two attached hydrogens (primary N) is 1. The average Bonchev–Trinajstić information content (AvgIpc) is 3.21. The van der Waals surface area contributed by atoms with Gasteiger partial charge in [-0.25, -0.2) is 4.98 Å². The standard InChI is InChI=1S/C19H20N2O2/c20-10-15-9-16(15)12-22-11-13-5-7-14(8-6-13)19-21-17-3-1-2-4-18(17)23-19/h1-8,15-16H,9-12,20H2. The lowest BCUT2D eigenvalue weighted by Gasteiger charge is -2.04. The Labute approximate surface area is 135 Å². The van der Waals surface area contributed by atoms with Crippen molar-refractivity contribution in [2.45, 2.75) is 13.0 Å². The molecule has 2 unspecified atom stereocenters. The molecule has 4 nitrogen and oxygen atoms in total. The summed E-state index contributed by atoms with van der Waals surface area (Å²) in [6, 6.07) is 16.0. The van der Waals surface area contributed by atoms with E-state index >= 15 is 0 Å². The molecule has 0 bridgehead atoms. The largest absolute Gasteiger partial charge is 0.436 e. The second-order valence-electron chi connectivity index (χ2n) is 6.19. The molecule has 1 aromatic heterocycles. The molecule has 1 aliphatic carbocycles. The quantitative estimate of drug-likeness (QED) is 0.755. The van der Waals surface area contributed by atoms with Crippen LogP contribution in [0.5, 0.6) is 0 Å². The summed E-state index contributed by atoms with van der Waals surface area (Å²) in [5, 5.41) is 0. The molecule has 1 aliphatic rings. The van der Waals surface area contributed by atoms with Crippen molar-refractivity contribution in [2.24, 2.45) is 17.6 Å². The van der Waals surface area contributed by atoms with Gasteiger partial charge in [0, 0.05) is 5.56 Å². The van der Waals surface area contributed by atoms with Gasteiger partial charge in [-0.1, -0.05) is 24.3 Å². The molecule has 1 saturated carbocycles. The number of hydrogen-bond acceptors (Lipinski definition) is 4. The molecule has 4 rings (SSSR count). The Bertz CT molecular complexity index is 761. The van der Waals surface area contributed by atoms with E-state index in [1.54, 1.807) is 0 Å². The van der Waals surface area contributed by atoms with Gasteiger partial charge in [-0.15, -0.1) is 0 Å². The molecule has 0 amide bonds. The first-order chi connectivity index (χ1) is 11.3. The Morgan fingerprint density at radius 1 is 1.09 bits per heavy atom. The van der Waals surface area contributed by atoms with Crippen molar-refractivity contribution >= 4 is 11.1 Å². The van der Waals surface area contributed by atoms with Gasteiger partial charge in [0.2, 0.25) is 5.89 Å². The fraction of sp³-hybridized carbons (Fsp3) is 0.316. The summed E-state index contributed by atoms with van der Waals surface area (Å²) in [6.07, 6.45) is 1.22. The molecule has 1 fully saturated rings. The molecule has 0 spiro atoms. The molecule has 2 aromatic carbocycles. The molecule has 4 heteroatoms. The van der Waals surface area contributed by atoms with Crippen LogP contribution in [0.3, 0.4) is 0 Å². The van der Waals surface area contributed by atoms with Crippen LogP contribution in [0.4, 0.5) is 0 Å². The second kappa shape index (κ2) is 6.14. The summed E-state index contributed by atoms with van der Waals surface area (Å²) >= 11 is 0. The van der Waals surface area contributed by atoms with Crippen molar-refractivity contribution in [2.75, 3.05) is 13.2 Å². The van der Waals surface area contributed by atoms with Gasteiger partial charge >= 0.3 is 0 Å². The van der Waals surface area contributed by atoms with Crippen molar-refractivity contribution in [3.63, 3.8) is 0 Å². The first-order valence-corrected chi connectivity index (χ1v) is 8.06. The zero-order chi connectivity index (χ0) is 15.6. The predicted molar refractivity (Wildman–Crippen MR) is 89.8 cm³/mol. The lowest BCUT2D eigenvalue weighted by atomic mass is 10.1. The number of ether oxygens (including phenoxy) is 1. The van der Waals surface area contributed by atoms with E-state index in [2.05, 4.69) is 17.1 Å². The lowest BCUT2D eigenvalue weighted by Crippen LogP contribution is -2.05. The summed E-state index contributed by atoms with van der Waals surface area (Å²) in [7, 11) is 0. The van der Waals surface area contributed by atoms with Gasteiger partial charge in [0.05, 0.1) is 13.2 Å². The normalized spacial score (nSPS) is 20.0. The Morgan fingerprint density at radius 3 is 2.65 bits per heavy atom. The van der Waals surface area contributed by atoms with E-state index in [4.69, 9.17) is 14.9 Å². The van der Waals surface area contributed by atoms with Crippen LogP contribution in [0.1, 0.15) is 12.0 Å². The van der Waals surface area contributed by atoms with Crippen molar-refractivity contribution in [3.05, 3.63) is 54.1 Å². The summed E-state index contributed by atoms with van der Waals surface area (Å²) in [6.45, 7) is 2.24. The minimum absolute atomic E-state index is 0.641. The zero-order valence-electron chi connectivity index (χ0n) is 12.9. The number of fused-ring (bicyclic) bond motifs is 1. The molecule has 23 heavy (non-hydrogen) atoms. The minimum atomic E-state index is 0.641. The first-order valence-electron chi connectivity index (χ1n) is 8.06. The SMILES string of the molecule is NCC1CC1COCc1ccc(-c2nc3ccccc3o2)cc1. The molecular formula is C19H20N2O2. The van der Waals surface area contributed by atoms with Crippen LogP contribution in [-0.4, -0.2) is 18.1 Å². The third kappa shape index (κ3) is 3.14. The van der Waals surface area contributed by atoms with Crippen molar-refractivity contribution in [1.29, 1.82) is 0 Å². The highest BCUT2D eigenvalue weighted by molar-refractivity contribution is 5.75. The van der Waals surface area contributed by atoms with Gasteiger partial charge in [0.25, 0.3) is 0 Å². The number of aromatic nitrogens is 1. The number of rotatable bonds is 6. The highest BCUT2D eigenvalue weighted by Gasteiger charge is 2.35. The number of nitrogens with zero attached hydrogens (tertiary/aromatic N) is 1. The van der Waals surface area contributed by atoms with E-state index in [1.165, 1.54) is 6.42 Å². The fourth-order valence-electron chi connectivity index (χ4n) is 2.87. The molecule has 3 aromatic rings. The Kier molecular flexibility index (Phi) is 3.85. The van der Waals surface area contributed by atoms with Crippen LogP contribution in [-0.2, 0) is 11.3 Å². The van der Waals surface area contributed by atoms with Gasteiger partial charge < -0.3 is 14.9 Å². The van der Waals surface area contributed by atoms with E-state index in [-0.39, 0.29) is 0 Å². The van der Waals surface area contributed by atoms with Crippen molar-refractivity contribution < 1.29 is 9.15 Å². The topological polar surface area (TPSA) is 61.3 Å². The van der Waals surface area contributed by atoms with Crippen LogP contribution in [0.15, 0.2) is 52.9 Å². The monoisotopic (exact) mass is 308 g/mol. The third-order valence-electron chi connectivity index (χ3n) is 4.47. The van der Waals surface area contributed by atoms with Gasteiger partial charge in [-0.3, -0.25) is 0 Å². The third-order valence-corrected chi connectivity index (χ3v) is 4.47. The molecule has 2 N–H and O–H groups in total. The van der Waals surface area contributed by atoms with Crippen LogP contribution in [0, 0.1) is 11.8 Å². The molecule has 0 radical (unpaired) electrons. The summed E-state index contributed by atoms with van der Waals surface area (Å²) < 4.78 is 11.6. The van der Waals surface area contributed by atoms with Crippen molar-refractivity contribution in [1.82, 2.24) is 4.98 Å². The second-order valence-corrected chi connectivity index (χ2v) is 6.19. The minimum Gasteiger partial charge on any atom is -0.436 e. The van der Waals surface area contributed by atoms with Gasteiger partial charge in [0.15, 0.2) is 5.58 Å². The predicted octanol–water partition coefficient (Wildman–Crippen LogP) is 3.61. The number of benzene rings is 2. The molecule has 0 saturated heterocycles. The van der Waals surface area contributed by atoms with Crippen LogP contribution in [0.25, 0.3) is 22.6 Å². The van der Waals surface area contributed by atoms with E-state index in [0.29, 0.717) is 24.3 Å². The lowest BCUT2D eigenvalue weighted by molar-refractivity contribution is 0.108. The van der Waals surface area contributed by atoms with Crippen molar-refractivity contribution in [3.8, 4) is 11.5 Å². The van der Waals surface area contributed by atoms with E-state index < -0.39 is 0 Å². The maximum absolute atomic E-state index is 5.78. The van der Waals surface area contributed by atoms with Crippen LogP contribution in [0.2, 0.25) is 0 Å². The summed E-state index contributed by atoms with van der Waals surface area (Å²) in [4.78, 5) is 4.51. The first kappa shape index (κ1) is 14.4. The number of para-hydroxylation sites is 2. The van der Waals surface area contributed by atoms with Crippen LogP contribution < -0.4 is 5.73 Å². The van der Waals surface area contributed by atoms with Gasteiger partial charge in [0.1, 0.15) is 5.52 Å². The molecule has 1 heterocycles. The summed E-state index contributed by atoms with van der Waals surface area (Å²) in [5.41, 5.74) is 9.48. The average molecular weight is 308 g/mol. The van der Waals surface area contributed by atoms with Gasteiger partial charge in [-0.2, -0.15) is 0 Å². The smallest absolute Gasteiger partial charge is 0.227 e. The number of oxazole rings is 1. The highest BCUT2D eigenvalue weighted by atomic mass is 16.5. The molecular weight excluding hydrogens is 288 g/mol. The maximum Gasteiger partial charge on any atom is 0.227 e. The van der Waals surface area contributed by atoms with Crippen LogP contribution >= 0.6 is 0 Å². The molecule has 0 aliphatic heterocycles.